The molecule has 0 fully saturated rings. The summed E-state index contributed by atoms with van der Waals surface area (Å²) in [5, 5.41) is 12.1. The number of rotatable bonds is 11. The molecule has 0 aromatic rings. The molecule has 1 unspecified atom stereocenters. The number of carbonyl (C=O) groups excluding carboxylic acids is 1. The van der Waals surface area contributed by atoms with Crippen molar-refractivity contribution in [3.63, 3.8) is 0 Å². The van der Waals surface area contributed by atoms with Crippen molar-refractivity contribution in [1.29, 1.82) is 0 Å². The van der Waals surface area contributed by atoms with Gasteiger partial charge in [0, 0.05) is 6.54 Å². The fraction of sp³-hybridized carbons (Fsp3) is 0.917. The van der Waals surface area contributed by atoms with E-state index >= 15 is 0 Å². The smallest absolute Gasteiger partial charge is 0.247 e. The van der Waals surface area contributed by atoms with Crippen molar-refractivity contribution in [3.05, 3.63) is 0 Å². The highest BCUT2D eigenvalue weighted by molar-refractivity contribution is 5.78. The van der Waals surface area contributed by atoms with Gasteiger partial charge in [-0.1, -0.05) is 45.4 Å². The minimum absolute atomic E-state index is 0.269. The number of carbonyl (C=O) groups is 1. The molecule has 0 radical (unpaired) electrons. The Hall–Kier alpha value is -0.610. The van der Waals surface area contributed by atoms with Gasteiger partial charge in [0.2, 0.25) is 5.91 Å². The van der Waals surface area contributed by atoms with Crippen LogP contribution in [0.2, 0.25) is 0 Å². The highest BCUT2D eigenvalue weighted by Gasteiger charge is 2.08. The summed E-state index contributed by atoms with van der Waals surface area (Å²) in [4.78, 5) is 10.5. The number of amides is 1. The Morgan fingerprint density at radius 1 is 1.19 bits per heavy atom. The number of hydrogen-bond acceptors (Lipinski definition) is 3. The number of primary amides is 1. The van der Waals surface area contributed by atoms with Gasteiger partial charge in [-0.25, -0.2) is 0 Å². The molecule has 0 aliphatic carbocycles. The van der Waals surface area contributed by atoms with E-state index < -0.39 is 12.0 Å². The molecule has 0 bridgehead atoms. The summed E-state index contributed by atoms with van der Waals surface area (Å²) in [6.07, 6.45) is 7.81. The number of unbranched alkanes of at least 4 members (excludes halogenated alkanes) is 6. The maximum absolute atomic E-state index is 10.5. The van der Waals surface area contributed by atoms with Gasteiger partial charge >= 0.3 is 0 Å². The van der Waals surface area contributed by atoms with Crippen LogP contribution < -0.4 is 11.1 Å². The van der Waals surface area contributed by atoms with E-state index in [1.807, 2.05) is 0 Å². The van der Waals surface area contributed by atoms with Crippen LogP contribution in [0.25, 0.3) is 0 Å². The fourth-order valence-corrected chi connectivity index (χ4v) is 1.55. The fourth-order valence-electron chi connectivity index (χ4n) is 1.55. The largest absolute Gasteiger partial charge is 0.382 e. The average molecular weight is 230 g/mol. The lowest BCUT2D eigenvalue weighted by Gasteiger charge is -2.07. The van der Waals surface area contributed by atoms with Gasteiger partial charge in [-0.05, 0) is 13.0 Å². The normalized spacial score (nSPS) is 12.6. The average Bonchev–Trinajstić information content (AvgIpc) is 2.26. The van der Waals surface area contributed by atoms with Gasteiger partial charge in [-0.2, -0.15) is 0 Å². The topological polar surface area (TPSA) is 75.3 Å². The zero-order chi connectivity index (χ0) is 12.2. The van der Waals surface area contributed by atoms with Gasteiger partial charge < -0.3 is 16.2 Å². The predicted octanol–water partition coefficient (Wildman–Crippen LogP) is 1.17. The molecule has 4 heteroatoms. The lowest BCUT2D eigenvalue weighted by molar-refractivity contribution is -0.125. The first kappa shape index (κ1) is 15.4. The molecule has 0 saturated heterocycles. The molecule has 4 nitrogen and oxygen atoms in total. The summed E-state index contributed by atoms with van der Waals surface area (Å²) in [7, 11) is 0. The van der Waals surface area contributed by atoms with Gasteiger partial charge in [0.05, 0.1) is 0 Å². The minimum Gasteiger partial charge on any atom is -0.382 e. The third-order valence-electron chi connectivity index (χ3n) is 2.62. The van der Waals surface area contributed by atoms with E-state index in [1.54, 1.807) is 0 Å². The molecule has 0 spiro atoms. The van der Waals surface area contributed by atoms with Crippen LogP contribution in [0.3, 0.4) is 0 Å². The SMILES string of the molecule is CCCCCCCCCNCC(O)C(N)=O. The molecule has 0 aliphatic heterocycles. The van der Waals surface area contributed by atoms with E-state index in [2.05, 4.69) is 12.2 Å². The first-order valence-corrected chi connectivity index (χ1v) is 6.36. The summed E-state index contributed by atoms with van der Waals surface area (Å²) < 4.78 is 0. The number of nitrogens with one attached hydrogen (secondary N) is 1. The molecule has 16 heavy (non-hydrogen) atoms. The molecular formula is C12H26N2O2. The van der Waals surface area contributed by atoms with Crippen LogP contribution in [0.1, 0.15) is 51.9 Å². The van der Waals surface area contributed by atoms with Crippen molar-refractivity contribution < 1.29 is 9.90 Å². The molecule has 0 aliphatic rings. The van der Waals surface area contributed by atoms with Crippen LogP contribution >= 0.6 is 0 Å². The molecular weight excluding hydrogens is 204 g/mol. The lowest BCUT2D eigenvalue weighted by atomic mass is 10.1. The van der Waals surface area contributed by atoms with Gasteiger partial charge in [0.15, 0.2) is 0 Å². The Kier molecular flexibility index (Phi) is 10.5. The summed E-state index contributed by atoms with van der Waals surface area (Å²) in [5.41, 5.74) is 4.92. The third-order valence-corrected chi connectivity index (χ3v) is 2.62. The van der Waals surface area contributed by atoms with E-state index in [1.165, 1.54) is 38.5 Å². The van der Waals surface area contributed by atoms with E-state index in [0.29, 0.717) is 0 Å². The molecule has 4 N–H and O–H groups in total. The second kappa shape index (κ2) is 10.9. The second-order valence-electron chi connectivity index (χ2n) is 4.24. The van der Waals surface area contributed by atoms with Crippen LogP contribution in [-0.2, 0) is 4.79 Å². The van der Waals surface area contributed by atoms with E-state index in [-0.39, 0.29) is 6.54 Å². The number of hydrogen-bond donors (Lipinski definition) is 3. The number of nitrogens with two attached hydrogens (primary N) is 1. The highest BCUT2D eigenvalue weighted by Crippen LogP contribution is 2.06. The van der Waals surface area contributed by atoms with E-state index in [9.17, 15) is 4.79 Å². The summed E-state index contributed by atoms with van der Waals surface area (Å²) in [5.74, 6) is -0.660. The van der Waals surface area contributed by atoms with Crippen LogP contribution in [0.15, 0.2) is 0 Å². The summed E-state index contributed by atoms with van der Waals surface area (Å²) >= 11 is 0. The Labute approximate surface area is 98.6 Å². The Morgan fingerprint density at radius 2 is 1.75 bits per heavy atom. The molecule has 0 heterocycles. The molecule has 0 saturated carbocycles. The van der Waals surface area contributed by atoms with E-state index in [0.717, 1.165) is 13.0 Å². The van der Waals surface area contributed by atoms with Crippen LogP contribution in [0, 0.1) is 0 Å². The molecule has 96 valence electrons. The van der Waals surface area contributed by atoms with Crippen molar-refractivity contribution >= 4 is 5.91 Å². The minimum atomic E-state index is -1.05. The van der Waals surface area contributed by atoms with Crippen LogP contribution in [0.4, 0.5) is 0 Å². The first-order valence-electron chi connectivity index (χ1n) is 6.36. The maximum Gasteiger partial charge on any atom is 0.247 e. The van der Waals surface area contributed by atoms with Crippen molar-refractivity contribution in [2.45, 2.75) is 58.0 Å². The Balaban J connectivity index is 3.07. The number of aliphatic hydroxyl groups excluding tert-OH is 1. The molecule has 1 amide bonds. The predicted molar refractivity (Wildman–Crippen MR) is 66.1 cm³/mol. The van der Waals surface area contributed by atoms with Crippen molar-refractivity contribution in [2.75, 3.05) is 13.1 Å². The van der Waals surface area contributed by atoms with Crippen molar-refractivity contribution in [2.24, 2.45) is 5.73 Å². The van der Waals surface area contributed by atoms with Crippen LogP contribution in [0.5, 0.6) is 0 Å². The second-order valence-corrected chi connectivity index (χ2v) is 4.24. The molecule has 1 atom stereocenters. The summed E-state index contributed by atoms with van der Waals surface area (Å²) in [6.45, 7) is 3.33. The zero-order valence-corrected chi connectivity index (χ0v) is 10.4. The number of aliphatic hydroxyl groups is 1. The Morgan fingerprint density at radius 3 is 2.31 bits per heavy atom. The molecule has 0 aromatic carbocycles. The van der Waals surface area contributed by atoms with Crippen LogP contribution in [-0.4, -0.2) is 30.2 Å². The zero-order valence-electron chi connectivity index (χ0n) is 10.4. The van der Waals surface area contributed by atoms with Gasteiger partial charge in [-0.3, -0.25) is 4.79 Å². The van der Waals surface area contributed by atoms with Gasteiger partial charge in [0.25, 0.3) is 0 Å². The van der Waals surface area contributed by atoms with E-state index in [4.69, 9.17) is 10.8 Å². The van der Waals surface area contributed by atoms with Crippen molar-refractivity contribution in [1.82, 2.24) is 5.32 Å². The molecule has 0 rings (SSSR count). The summed E-state index contributed by atoms with van der Waals surface area (Å²) in [6, 6.07) is 0. The quantitative estimate of drug-likeness (QED) is 0.466. The Bertz CT molecular complexity index is 174. The maximum atomic E-state index is 10.5. The lowest BCUT2D eigenvalue weighted by Crippen LogP contribution is -2.37. The third kappa shape index (κ3) is 9.93. The first-order chi connectivity index (χ1) is 7.68. The standard InChI is InChI=1S/C12H26N2O2/c1-2-3-4-5-6-7-8-9-14-10-11(15)12(13)16/h11,14-15H,2-10H2,1H3,(H2,13,16). The van der Waals surface area contributed by atoms with Gasteiger partial charge in [0.1, 0.15) is 6.10 Å². The van der Waals surface area contributed by atoms with Crippen molar-refractivity contribution in [3.8, 4) is 0 Å². The van der Waals surface area contributed by atoms with Gasteiger partial charge in [-0.15, -0.1) is 0 Å². The molecule has 0 aromatic heterocycles. The highest BCUT2D eigenvalue weighted by atomic mass is 16.3. The monoisotopic (exact) mass is 230 g/mol.